The summed E-state index contributed by atoms with van der Waals surface area (Å²) in [7, 11) is 3.29. The molecule has 4 rings (SSSR count). The molecule has 1 aliphatic heterocycles. The number of aromatic nitrogens is 3. The van der Waals surface area contributed by atoms with Gasteiger partial charge in [0.15, 0.2) is 0 Å². The van der Waals surface area contributed by atoms with E-state index in [2.05, 4.69) is 15.2 Å². The van der Waals surface area contributed by atoms with Gasteiger partial charge in [-0.2, -0.15) is 0 Å². The minimum absolute atomic E-state index is 0.103. The smallest absolute Gasteiger partial charge is 0.277 e. The fourth-order valence-electron chi connectivity index (χ4n) is 4.04. The lowest BCUT2D eigenvalue weighted by molar-refractivity contribution is 0.340. The van der Waals surface area contributed by atoms with E-state index in [1.54, 1.807) is 32.5 Å². The molecule has 0 bridgehead atoms. The second-order valence-electron chi connectivity index (χ2n) is 7.96. The van der Waals surface area contributed by atoms with E-state index in [-0.39, 0.29) is 11.6 Å². The zero-order valence-corrected chi connectivity index (χ0v) is 20.0. The van der Waals surface area contributed by atoms with E-state index in [1.165, 1.54) is 4.57 Å². The molecule has 0 aliphatic carbocycles. The SMILES string of the molecule is CCOc1ccnc(N2CCC(Nc3c(C)nc(-c4ccc(OC)cc4Cl)n(C)c3=O)C2)c1. The molecule has 0 amide bonds. The number of methoxy groups -OCH3 is 1. The minimum atomic E-state index is -0.140. The molecule has 1 atom stereocenters. The molecule has 0 spiro atoms. The van der Waals surface area contributed by atoms with Crippen molar-refractivity contribution in [2.75, 3.05) is 37.0 Å². The molecule has 1 saturated heterocycles. The van der Waals surface area contributed by atoms with E-state index in [0.29, 0.717) is 40.1 Å². The Labute approximate surface area is 198 Å². The Morgan fingerprint density at radius 1 is 1.24 bits per heavy atom. The van der Waals surface area contributed by atoms with Crippen molar-refractivity contribution in [1.29, 1.82) is 0 Å². The summed E-state index contributed by atoms with van der Waals surface area (Å²) < 4.78 is 12.3. The van der Waals surface area contributed by atoms with E-state index < -0.39 is 0 Å². The highest BCUT2D eigenvalue weighted by atomic mass is 35.5. The molecule has 2 aromatic heterocycles. The molecule has 33 heavy (non-hydrogen) atoms. The maximum absolute atomic E-state index is 13.2. The summed E-state index contributed by atoms with van der Waals surface area (Å²) in [4.78, 5) is 24.6. The molecule has 1 aromatic carbocycles. The Morgan fingerprint density at radius 3 is 2.79 bits per heavy atom. The highest BCUT2D eigenvalue weighted by Crippen LogP contribution is 2.30. The van der Waals surface area contributed by atoms with Gasteiger partial charge in [-0.05, 0) is 44.5 Å². The summed E-state index contributed by atoms with van der Waals surface area (Å²) in [5.41, 5.74) is 1.68. The molecule has 0 saturated carbocycles. The lowest BCUT2D eigenvalue weighted by atomic mass is 10.1. The van der Waals surface area contributed by atoms with Gasteiger partial charge in [-0.15, -0.1) is 0 Å². The molecular formula is C24H28ClN5O3. The van der Waals surface area contributed by atoms with E-state index in [1.807, 2.05) is 32.0 Å². The predicted octanol–water partition coefficient (Wildman–Crippen LogP) is 3.90. The van der Waals surface area contributed by atoms with Gasteiger partial charge in [0.05, 0.1) is 24.4 Å². The quantitative estimate of drug-likeness (QED) is 0.562. The Morgan fingerprint density at radius 2 is 2.06 bits per heavy atom. The van der Waals surface area contributed by atoms with Crippen molar-refractivity contribution in [1.82, 2.24) is 14.5 Å². The van der Waals surface area contributed by atoms with E-state index in [9.17, 15) is 4.79 Å². The van der Waals surface area contributed by atoms with Gasteiger partial charge in [0.2, 0.25) is 0 Å². The van der Waals surface area contributed by atoms with Crippen LogP contribution in [-0.4, -0.2) is 47.4 Å². The Balaban J connectivity index is 1.54. The van der Waals surface area contributed by atoms with Crippen LogP contribution in [0, 0.1) is 6.92 Å². The van der Waals surface area contributed by atoms with Crippen molar-refractivity contribution in [3.8, 4) is 22.9 Å². The maximum Gasteiger partial charge on any atom is 0.277 e. The molecule has 3 heterocycles. The third kappa shape index (κ3) is 4.75. The molecule has 1 N–H and O–H groups in total. The third-order valence-corrected chi connectivity index (χ3v) is 6.09. The van der Waals surface area contributed by atoms with Crippen molar-refractivity contribution in [3.63, 3.8) is 0 Å². The molecular weight excluding hydrogens is 442 g/mol. The number of nitrogens with one attached hydrogen (secondary N) is 1. The monoisotopic (exact) mass is 469 g/mol. The van der Waals surface area contributed by atoms with Crippen molar-refractivity contribution in [3.05, 3.63) is 57.6 Å². The van der Waals surface area contributed by atoms with Crippen molar-refractivity contribution in [2.45, 2.75) is 26.3 Å². The van der Waals surface area contributed by atoms with Gasteiger partial charge in [-0.3, -0.25) is 9.36 Å². The van der Waals surface area contributed by atoms with Gasteiger partial charge in [0.25, 0.3) is 5.56 Å². The Kier molecular flexibility index (Phi) is 6.74. The number of ether oxygens (including phenoxy) is 2. The van der Waals surface area contributed by atoms with Gasteiger partial charge < -0.3 is 19.7 Å². The second-order valence-corrected chi connectivity index (χ2v) is 8.37. The van der Waals surface area contributed by atoms with Gasteiger partial charge in [0.1, 0.15) is 28.8 Å². The molecule has 0 radical (unpaired) electrons. The lowest BCUT2D eigenvalue weighted by Crippen LogP contribution is -2.32. The van der Waals surface area contributed by atoms with E-state index in [0.717, 1.165) is 31.1 Å². The van der Waals surface area contributed by atoms with Gasteiger partial charge in [-0.25, -0.2) is 9.97 Å². The van der Waals surface area contributed by atoms with Crippen molar-refractivity contribution >= 4 is 23.1 Å². The topological polar surface area (TPSA) is 81.5 Å². The standard InChI is InChI=1S/C24H28ClN5O3/c1-5-33-18-8-10-26-21(13-18)30-11-9-16(14-30)28-22-15(2)27-23(29(3)24(22)31)19-7-6-17(32-4)12-20(19)25/h6-8,10,12-13,16,28H,5,9,11,14H2,1-4H3. The second kappa shape index (κ2) is 9.70. The van der Waals surface area contributed by atoms with Gasteiger partial charge in [-0.1, -0.05) is 11.6 Å². The van der Waals surface area contributed by atoms with Crippen LogP contribution in [0.5, 0.6) is 11.5 Å². The van der Waals surface area contributed by atoms with Crippen LogP contribution in [0.1, 0.15) is 19.0 Å². The summed E-state index contributed by atoms with van der Waals surface area (Å²) in [6.07, 6.45) is 2.64. The number of hydrogen-bond acceptors (Lipinski definition) is 7. The first-order chi connectivity index (χ1) is 15.9. The van der Waals surface area contributed by atoms with E-state index in [4.69, 9.17) is 26.1 Å². The zero-order chi connectivity index (χ0) is 23.5. The molecule has 9 heteroatoms. The van der Waals surface area contributed by atoms with Gasteiger partial charge in [0, 0.05) is 44.0 Å². The first-order valence-electron chi connectivity index (χ1n) is 10.9. The van der Waals surface area contributed by atoms with Crippen LogP contribution >= 0.6 is 11.6 Å². The number of nitrogens with zero attached hydrogens (tertiary/aromatic N) is 4. The van der Waals surface area contributed by atoms with Gasteiger partial charge >= 0.3 is 0 Å². The average Bonchev–Trinajstić information content (AvgIpc) is 3.28. The lowest BCUT2D eigenvalue weighted by Gasteiger charge is -2.20. The van der Waals surface area contributed by atoms with Crippen LogP contribution in [-0.2, 0) is 7.05 Å². The normalized spacial score (nSPS) is 15.5. The largest absolute Gasteiger partial charge is 0.497 e. The molecule has 1 fully saturated rings. The molecule has 1 aliphatic rings. The average molecular weight is 470 g/mol. The van der Waals surface area contributed by atoms with Crippen LogP contribution in [0.25, 0.3) is 11.4 Å². The molecule has 1 unspecified atom stereocenters. The summed E-state index contributed by atoms with van der Waals surface area (Å²) in [5, 5.41) is 3.90. The molecule has 8 nitrogen and oxygen atoms in total. The number of rotatable bonds is 7. The summed E-state index contributed by atoms with van der Waals surface area (Å²) in [5.74, 6) is 2.84. The maximum atomic E-state index is 13.2. The highest BCUT2D eigenvalue weighted by Gasteiger charge is 2.26. The minimum Gasteiger partial charge on any atom is -0.497 e. The van der Waals surface area contributed by atoms with Crippen molar-refractivity contribution in [2.24, 2.45) is 7.05 Å². The van der Waals surface area contributed by atoms with Crippen molar-refractivity contribution < 1.29 is 9.47 Å². The number of aryl methyl sites for hydroxylation is 1. The number of hydrogen-bond donors (Lipinski definition) is 1. The fourth-order valence-corrected chi connectivity index (χ4v) is 4.29. The first-order valence-corrected chi connectivity index (χ1v) is 11.3. The predicted molar refractivity (Wildman–Crippen MR) is 131 cm³/mol. The number of anilines is 2. The number of halogens is 1. The summed E-state index contributed by atoms with van der Waals surface area (Å²) in [6, 6.07) is 9.24. The Hall–Kier alpha value is -3.26. The van der Waals surface area contributed by atoms with Crippen LogP contribution < -0.4 is 25.2 Å². The van der Waals surface area contributed by atoms with Crippen LogP contribution in [0.4, 0.5) is 11.5 Å². The number of pyridine rings is 1. The fraction of sp³-hybridized carbons (Fsp3) is 0.375. The molecule has 174 valence electrons. The van der Waals surface area contributed by atoms with Crippen LogP contribution in [0.3, 0.4) is 0 Å². The molecule has 3 aromatic rings. The van der Waals surface area contributed by atoms with E-state index >= 15 is 0 Å². The summed E-state index contributed by atoms with van der Waals surface area (Å²) >= 11 is 6.43. The number of benzene rings is 1. The highest BCUT2D eigenvalue weighted by molar-refractivity contribution is 6.33. The van der Waals surface area contributed by atoms with Crippen LogP contribution in [0.2, 0.25) is 5.02 Å². The first kappa shape index (κ1) is 22.9. The third-order valence-electron chi connectivity index (χ3n) is 5.78. The Bertz CT molecular complexity index is 1210. The summed E-state index contributed by atoms with van der Waals surface area (Å²) in [6.45, 7) is 5.98. The zero-order valence-electron chi connectivity index (χ0n) is 19.3. The van der Waals surface area contributed by atoms with Crippen LogP contribution in [0.15, 0.2) is 41.3 Å².